The molecule has 0 amide bonds. The maximum absolute atomic E-state index is 5.98. The van der Waals surface area contributed by atoms with Crippen LogP contribution in [-0.2, 0) is 0 Å². The number of halogens is 1. The van der Waals surface area contributed by atoms with Gasteiger partial charge in [0.2, 0.25) is 5.13 Å². The average molecular weight is 370 g/mol. The van der Waals surface area contributed by atoms with Crippen molar-refractivity contribution in [2.24, 2.45) is 4.99 Å². The zero-order valence-electron chi connectivity index (χ0n) is 12.1. The number of hydrogen-bond acceptors (Lipinski definition) is 7. The lowest BCUT2D eigenvalue weighted by Crippen LogP contribution is -2.17. The van der Waals surface area contributed by atoms with E-state index in [0.717, 1.165) is 24.7 Å². The second kappa shape index (κ2) is 6.49. The third-order valence-electron chi connectivity index (χ3n) is 2.81. The number of thiazole rings is 1. The molecular weight excluding hydrogens is 358 g/mol. The van der Waals surface area contributed by atoms with Crippen LogP contribution in [0.3, 0.4) is 0 Å². The number of aliphatic imine (C=N–C) groups is 1. The zero-order valence-corrected chi connectivity index (χ0v) is 15.3. The van der Waals surface area contributed by atoms with E-state index in [1.807, 2.05) is 44.1 Å². The summed E-state index contributed by atoms with van der Waals surface area (Å²) in [7, 11) is 3.89. The van der Waals surface area contributed by atoms with Gasteiger partial charge in [-0.1, -0.05) is 22.9 Å². The first-order valence-corrected chi connectivity index (χ1v) is 9.14. The number of aromatic nitrogens is 3. The monoisotopic (exact) mass is 369 g/mol. The Kier molecular flexibility index (Phi) is 4.62. The van der Waals surface area contributed by atoms with E-state index in [9.17, 15) is 0 Å². The molecule has 0 saturated carbocycles. The zero-order chi connectivity index (χ0) is 15.7. The molecule has 5 nitrogen and oxygen atoms in total. The minimum Gasteiger partial charge on any atom is -0.366 e. The largest absolute Gasteiger partial charge is 0.366 e. The topological polar surface area (TPSA) is 54.3 Å². The Morgan fingerprint density at radius 2 is 2.05 bits per heavy atom. The van der Waals surface area contributed by atoms with Gasteiger partial charge in [0.15, 0.2) is 8.68 Å². The number of fused-ring (bicyclic) bond motifs is 1. The summed E-state index contributed by atoms with van der Waals surface area (Å²) in [5.41, 5.74) is 0.909. The molecule has 1 aromatic carbocycles. The van der Waals surface area contributed by atoms with Crippen LogP contribution < -0.4 is 0 Å². The molecule has 9 heteroatoms. The predicted molar refractivity (Wildman–Crippen MR) is 95.1 cm³/mol. The van der Waals surface area contributed by atoms with E-state index in [4.69, 9.17) is 11.6 Å². The first-order valence-electron chi connectivity index (χ1n) is 6.31. The molecule has 0 aliphatic heterocycles. The van der Waals surface area contributed by atoms with Crippen molar-refractivity contribution in [3.63, 3.8) is 0 Å². The van der Waals surface area contributed by atoms with Crippen LogP contribution in [0.25, 0.3) is 10.2 Å². The molecule has 0 bridgehead atoms. The number of hydrogen-bond donors (Lipinski definition) is 0. The summed E-state index contributed by atoms with van der Waals surface area (Å²) >= 11 is 10.6. The number of rotatable bonds is 3. The third kappa shape index (κ3) is 3.57. The van der Waals surface area contributed by atoms with E-state index in [1.54, 1.807) is 11.3 Å². The molecule has 0 N–H and O–H groups in total. The van der Waals surface area contributed by atoms with E-state index in [0.29, 0.717) is 10.2 Å². The van der Waals surface area contributed by atoms with E-state index in [1.165, 1.54) is 23.1 Å². The van der Waals surface area contributed by atoms with E-state index >= 15 is 0 Å². The molecule has 0 spiro atoms. The maximum atomic E-state index is 5.98. The van der Waals surface area contributed by atoms with Crippen molar-refractivity contribution >= 4 is 67.2 Å². The Morgan fingerprint density at radius 3 is 2.82 bits per heavy atom. The lowest BCUT2D eigenvalue weighted by molar-refractivity contribution is 0.618. The standard InChI is InChI=1S/C13H12ClN5S3/c1-7(19(2)3)15-11-17-18-13(21-11)22-12-16-9-6-8(14)4-5-10(9)20-12/h4-6H,1-3H3/b15-7+. The second-order valence-corrected chi connectivity index (χ2v) is 8.52. The highest BCUT2D eigenvalue weighted by molar-refractivity contribution is 8.02. The fraction of sp³-hybridized carbons (Fsp3) is 0.231. The summed E-state index contributed by atoms with van der Waals surface area (Å²) < 4.78 is 2.86. The highest BCUT2D eigenvalue weighted by Crippen LogP contribution is 2.37. The minimum atomic E-state index is 0.651. The highest BCUT2D eigenvalue weighted by atomic mass is 35.5. The molecule has 0 unspecified atom stereocenters. The van der Waals surface area contributed by atoms with Gasteiger partial charge in [-0.15, -0.1) is 21.5 Å². The van der Waals surface area contributed by atoms with Crippen LogP contribution in [0.5, 0.6) is 0 Å². The Bertz CT molecular complexity index is 839. The van der Waals surface area contributed by atoms with E-state index in [2.05, 4.69) is 20.2 Å². The molecule has 2 heterocycles. The molecular formula is C13H12ClN5S3. The Labute approximate surface area is 145 Å². The predicted octanol–water partition coefficient (Wildman–Crippen LogP) is 4.56. The van der Waals surface area contributed by atoms with Crippen molar-refractivity contribution in [1.29, 1.82) is 0 Å². The highest BCUT2D eigenvalue weighted by Gasteiger charge is 2.10. The normalized spacial score (nSPS) is 12.1. The molecule has 114 valence electrons. The van der Waals surface area contributed by atoms with Gasteiger partial charge in [-0.2, -0.15) is 0 Å². The van der Waals surface area contributed by atoms with Gasteiger partial charge >= 0.3 is 0 Å². The van der Waals surface area contributed by atoms with Crippen LogP contribution in [0.15, 0.2) is 31.9 Å². The second-order valence-electron chi connectivity index (χ2n) is 4.60. The Balaban J connectivity index is 1.80. The van der Waals surface area contributed by atoms with Crippen molar-refractivity contribution in [2.45, 2.75) is 15.6 Å². The summed E-state index contributed by atoms with van der Waals surface area (Å²) in [6.07, 6.45) is 0. The summed E-state index contributed by atoms with van der Waals surface area (Å²) in [4.78, 5) is 10.9. The van der Waals surface area contributed by atoms with Crippen molar-refractivity contribution < 1.29 is 0 Å². The van der Waals surface area contributed by atoms with Gasteiger partial charge in [0.1, 0.15) is 5.84 Å². The summed E-state index contributed by atoms with van der Waals surface area (Å²) in [5.74, 6) is 0.891. The first kappa shape index (κ1) is 15.7. The quantitative estimate of drug-likeness (QED) is 0.500. The van der Waals surface area contributed by atoms with E-state index < -0.39 is 0 Å². The Hall–Kier alpha value is -1.22. The number of amidine groups is 1. The maximum Gasteiger partial charge on any atom is 0.234 e. The van der Waals surface area contributed by atoms with Crippen LogP contribution in [0.4, 0.5) is 5.13 Å². The van der Waals surface area contributed by atoms with Gasteiger partial charge in [0.05, 0.1) is 10.2 Å². The van der Waals surface area contributed by atoms with Crippen molar-refractivity contribution in [3.8, 4) is 0 Å². The molecule has 0 aliphatic rings. The molecule has 0 saturated heterocycles. The molecule has 0 aliphatic carbocycles. The number of benzene rings is 1. The van der Waals surface area contributed by atoms with Gasteiger partial charge in [-0.25, -0.2) is 9.98 Å². The van der Waals surface area contributed by atoms with Gasteiger partial charge in [0, 0.05) is 19.1 Å². The Morgan fingerprint density at radius 1 is 1.23 bits per heavy atom. The fourth-order valence-electron chi connectivity index (χ4n) is 1.53. The molecule has 3 aromatic rings. The van der Waals surface area contributed by atoms with Gasteiger partial charge < -0.3 is 4.90 Å². The van der Waals surface area contributed by atoms with Crippen LogP contribution >= 0.6 is 46.0 Å². The number of nitrogens with zero attached hydrogens (tertiary/aromatic N) is 5. The smallest absolute Gasteiger partial charge is 0.234 e. The SMILES string of the molecule is C/C(=N\c1nnc(Sc2nc3cc(Cl)ccc3s2)s1)N(C)C. The van der Waals surface area contributed by atoms with Crippen LogP contribution in [0.1, 0.15) is 6.92 Å². The van der Waals surface area contributed by atoms with Gasteiger partial charge in [-0.05, 0) is 36.9 Å². The molecule has 2 aromatic heterocycles. The van der Waals surface area contributed by atoms with Crippen LogP contribution in [-0.4, -0.2) is 40.0 Å². The lowest BCUT2D eigenvalue weighted by Gasteiger charge is -2.09. The fourth-order valence-corrected chi connectivity index (χ4v) is 4.70. The molecule has 0 fully saturated rings. The summed E-state index contributed by atoms with van der Waals surface area (Å²) in [6, 6.07) is 5.72. The van der Waals surface area contributed by atoms with Crippen molar-refractivity contribution in [3.05, 3.63) is 23.2 Å². The van der Waals surface area contributed by atoms with Crippen molar-refractivity contribution in [1.82, 2.24) is 20.1 Å². The molecule has 0 radical (unpaired) electrons. The van der Waals surface area contributed by atoms with Crippen LogP contribution in [0.2, 0.25) is 5.02 Å². The van der Waals surface area contributed by atoms with Gasteiger partial charge in [-0.3, -0.25) is 0 Å². The molecule has 3 rings (SSSR count). The van der Waals surface area contributed by atoms with E-state index in [-0.39, 0.29) is 0 Å². The van der Waals surface area contributed by atoms with Crippen LogP contribution in [0, 0.1) is 0 Å². The van der Waals surface area contributed by atoms with Gasteiger partial charge in [0.25, 0.3) is 0 Å². The average Bonchev–Trinajstić information content (AvgIpc) is 3.05. The lowest BCUT2D eigenvalue weighted by atomic mass is 10.3. The minimum absolute atomic E-state index is 0.651. The third-order valence-corrected chi connectivity index (χ3v) is 6.01. The summed E-state index contributed by atoms with van der Waals surface area (Å²) in [6.45, 7) is 1.94. The first-order chi connectivity index (χ1) is 10.5. The molecule has 0 atom stereocenters. The summed E-state index contributed by atoms with van der Waals surface area (Å²) in [5, 5.41) is 9.60. The molecule has 22 heavy (non-hydrogen) atoms. The van der Waals surface area contributed by atoms with Crippen molar-refractivity contribution in [2.75, 3.05) is 14.1 Å².